The average molecular weight is 554 g/mol. The van der Waals surface area contributed by atoms with E-state index in [9.17, 15) is 27.9 Å². The molecule has 1 N–H and O–H groups in total. The van der Waals surface area contributed by atoms with Gasteiger partial charge in [0.25, 0.3) is 5.91 Å². The molecule has 0 radical (unpaired) electrons. The first-order valence-electron chi connectivity index (χ1n) is 13.4. The van der Waals surface area contributed by atoms with E-state index < -0.39 is 35.8 Å². The highest BCUT2D eigenvalue weighted by atomic mass is 19.4. The summed E-state index contributed by atoms with van der Waals surface area (Å²) in [7, 11) is 0. The van der Waals surface area contributed by atoms with Crippen molar-refractivity contribution in [2.75, 3.05) is 6.54 Å². The van der Waals surface area contributed by atoms with Crippen molar-refractivity contribution in [1.29, 1.82) is 0 Å². The second kappa shape index (κ2) is 11.7. The summed E-state index contributed by atoms with van der Waals surface area (Å²) in [5.74, 6) is -0.442. The van der Waals surface area contributed by atoms with Gasteiger partial charge in [0.15, 0.2) is 0 Å². The van der Waals surface area contributed by atoms with Gasteiger partial charge in [0.1, 0.15) is 17.9 Å². The summed E-state index contributed by atoms with van der Waals surface area (Å²) in [5, 5.41) is 9.37. The molecular weight excluding hydrogens is 519 g/mol. The monoisotopic (exact) mass is 553 g/mol. The number of nitrogens with zero attached hydrogens (tertiary/aromatic N) is 1. The van der Waals surface area contributed by atoms with E-state index >= 15 is 0 Å². The number of carbonyl (C=O) groups excluding carboxylic acids is 1. The number of fused-ring (bicyclic) bond motifs is 1. The Morgan fingerprint density at radius 3 is 2.20 bits per heavy atom. The molecule has 212 valence electrons. The van der Waals surface area contributed by atoms with Crippen LogP contribution >= 0.6 is 0 Å². The van der Waals surface area contributed by atoms with E-state index in [2.05, 4.69) is 45.0 Å². The van der Waals surface area contributed by atoms with Crippen molar-refractivity contribution in [3.05, 3.63) is 100 Å². The molecule has 0 bridgehead atoms. The largest absolute Gasteiger partial charge is 0.487 e. The molecule has 3 aromatic carbocycles. The Labute approximate surface area is 232 Å². The highest BCUT2D eigenvalue weighted by molar-refractivity contribution is 5.96. The maximum atomic E-state index is 13.3. The third-order valence-electron chi connectivity index (χ3n) is 7.10. The van der Waals surface area contributed by atoms with Crippen LogP contribution in [0.2, 0.25) is 0 Å². The lowest BCUT2D eigenvalue weighted by atomic mass is 9.86. The zero-order chi connectivity index (χ0) is 29.1. The van der Waals surface area contributed by atoms with Crippen LogP contribution < -0.4 is 4.74 Å². The number of carbonyl (C=O) groups is 2. The van der Waals surface area contributed by atoms with Crippen molar-refractivity contribution in [2.24, 2.45) is 5.92 Å². The van der Waals surface area contributed by atoms with Crippen LogP contribution in [0.5, 0.6) is 5.75 Å². The number of hydrogen-bond donors (Lipinski definition) is 1. The molecule has 0 fully saturated rings. The molecule has 1 aliphatic rings. The molecule has 0 spiro atoms. The fourth-order valence-corrected chi connectivity index (χ4v) is 5.11. The lowest BCUT2D eigenvalue weighted by molar-refractivity contribution is -0.138. The van der Waals surface area contributed by atoms with Gasteiger partial charge in [0, 0.05) is 18.5 Å². The lowest BCUT2D eigenvalue weighted by Gasteiger charge is -2.36. The van der Waals surface area contributed by atoms with Crippen molar-refractivity contribution in [3.63, 3.8) is 0 Å². The molecular formula is C32H34F3NO4. The molecule has 0 unspecified atom stereocenters. The van der Waals surface area contributed by atoms with Crippen molar-refractivity contribution >= 4 is 11.9 Å². The Hall–Kier alpha value is -3.81. The molecule has 4 rings (SSSR count). The van der Waals surface area contributed by atoms with Crippen molar-refractivity contribution in [3.8, 4) is 5.75 Å². The van der Waals surface area contributed by atoms with E-state index in [0.29, 0.717) is 29.2 Å². The van der Waals surface area contributed by atoms with E-state index in [0.717, 1.165) is 41.9 Å². The van der Waals surface area contributed by atoms with E-state index in [-0.39, 0.29) is 6.54 Å². The van der Waals surface area contributed by atoms with Crippen molar-refractivity contribution in [1.82, 2.24) is 4.90 Å². The number of aryl methyl sites for hydroxylation is 1. The average Bonchev–Trinajstić information content (AvgIpc) is 2.88. The number of aliphatic carboxylic acids is 1. The van der Waals surface area contributed by atoms with Gasteiger partial charge in [-0.15, -0.1) is 0 Å². The summed E-state index contributed by atoms with van der Waals surface area (Å²) in [6, 6.07) is 18.1. The molecule has 1 atom stereocenters. The Bertz CT molecular complexity index is 1350. The highest BCUT2D eigenvalue weighted by Crippen LogP contribution is 2.36. The number of benzene rings is 3. The van der Waals surface area contributed by atoms with Gasteiger partial charge < -0.3 is 14.7 Å². The SMILES string of the molecule is CC(C)Cc1ccc(C[C@]2(C)CCc3cc(C(=O)N(CC(=O)O)Cc4ccc(C(F)(F)F)cc4)ccc3O2)cc1. The van der Waals surface area contributed by atoms with Gasteiger partial charge in [-0.05, 0) is 84.7 Å². The summed E-state index contributed by atoms with van der Waals surface area (Å²) in [6.07, 6.45) is -1.26. The zero-order valence-electron chi connectivity index (χ0n) is 22.9. The first-order chi connectivity index (χ1) is 18.8. The highest BCUT2D eigenvalue weighted by Gasteiger charge is 2.33. The number of alkyl halides is 3. The molecule has 1 heterocycles. The van der Waals surface area contributed by atoms with Crippen LogP contribution in [0.1, 0.15) is 65.4 Å². The van der Waals surface area contributed by atoms with Gasteiger partial charge in [-0.25, -0.2) is 0 Å². The normalized spacial score (nSPS) is 16.8. The molecule has 0 aliphatic carbocycles. The Balaban J connectivity index is 1.46. The summed E-state index contributed by atoms with van der Waals surface area (Å²) < 4.78 is 45.1. The molecule has 5 nitrogen and oxygen atoms in total. The quantitative estimate of drug-likeness (QED) is 0.311. The summed E-state index contributed by atoms with van der Waals surface area (Å²) >= 11 is 0. The number of halogens is 3. The molecule has 0 saturated heterocycles. The lowest BCUT2D eigenvalue weighted by Crippen LogP contribution is -2.39. The fourth-order valence-electron chi connectivity index (χ4n) is 5.11. The van der Waals surface area contributed by atoms with Crippen LogP contribution in [0, 0.1) is 5.92 Å². The topological polar surface area (TPSA) is 66.8 Å². The molecule has 0 aromatic heterocycles. The molecule has 1 amide bonds. The van der Waals surface area contributed by atoms with Gasteiger partial charge >= 0.3 is 12.1 Å². The smallest absolute Gasteiger partial charge is 0.416 e. The van der Waals surface area contributed by atoms with Crippen LogP contribution in [-0.4, -0.2) is 34.0 Å². The number of amides is 1. The minimum atomic E-state index is -4.48. The van der Waals surface area contributed by atoms with Crippen LogP contribution in [0.4, 0.5) is 13.2 Å². The standard InChI is InChI=1S/C32H34F3NO4/c1-21(2)16-22-4-6-23(7-5-22)18-31(3)15-14-25-17-26(10-13-28(25)40-31)30(39)36(20-29(37)38)19-24-8-11-27(12-9-24)32(33,34)35/h4-13,17,21H,14-16,18-20H2,1-3H3,(H,37,38)/t31-/m0/s1. The van der Waals surface area contributed by atoms with Gasteiger partial charge in [-0.1, -0.05) is 50.2 Å². The second-order valence-electron chi connectivity index (χ2n) is 11.2. The molecule has 40 heavy (non-hydrogen) atoms. The molecule has 0 saturated carbocycles. The Morgan fingerprint density at radius 2 is 1.60 bits per heavy atom. The predicted molar refractivity (Wildman–Crippen MR) is 146 cm³/mol. The van der Waals surface area contributed by atoms with Gasteiger partial charge in [-0.3, -0.25) is 9.59 Å². The Kier molecular flexibility index (Phi) is 8.57. The molecule has 8 heteroatoms. The third-order valence-corrected chi connectivity index (χ3v) is 7.10. The maximum absolute atomic E-state index is 13.3. The molecule has 3 aromatic rings. The van der Waals surface area contributed by atoms with Crippen molar-refractivity contribution in [2.45, 2.75) is 64.8 Å². The van der Waals surface area contributed by atoms with Crippen molar-refractivity contribution < 1.29 is 32.6 Å². The Morgan fingerprint density at radius 1 is 0.975 bits per heavy atom. The third kappa shape index (κ3) is 7.43. The van der Waals surface area contributed by atoms with Crippen LogP contribution in [-0.2, 0) is 36.8 Å². The van der Waals surface area contributed by atoms with E-state index in [1.54, 1.807) is 18.2 Å². The first-order valence-corrected chi connectivity index (χ1v) is 13.4. The number of hydrogen-bond acceptors (Lipinski definition) is 3. The van der Waals surface area contributed by atoms with E-state index in [1.165, 1.54) is 23.3 Å². The zero-order valence-corrected chi connectivity index (χ0v) is 22.9. The minimum absolute atomic E-state index is 0.134. The van der Waals surface area contributed by atoms with E-state index in [4.69, 9.17) is 4.74 Å². The van der Waals surface area contributed by atoms with E-state index in [1.807, 2.05) is 0 Å². The molecule has 1 aliphatic heterocycles. The number of rotatable bonds is 9. The number of carboxylic acid groups (broad SMARTS) is 1. The maximum Gasteiger partial charge on any atom is 0.416 e. The van der Waals surface area contributed by atoms with Gasteiger partial charge in [0.2, 0.25) is 0 Å². The first kappa shape index (κ1) is 29.2. The summed E-state index contributed by atoms with van der Waals surface area (Å²) in [5.41, 5.74) is 2.86. The van der Waals surface area contributed by atoms with Gasteiger partial charge in [0.05, 0.1) is 5.56 Å². The number of carboxylic acids is 1. The minimum Gasteiger partial charge on any atom is -0.487 e. The predicted octanol–water partition coefficient (Wildman–Crippen LogP) is 6.96. The van der Waals surface area contributed by atoms with Crippen LogP contribution in [0.3, 0.4) is 0 Å². The van der Waals surface area contributed by atoms with Gasteiger partial charge in [-0.2, -0.15) is 13.2 Å². The van der Waals surface area contributed by atoms with Crippen LogP contribution in [0.15, 0.2) is 66.7 Å². The summed E-state index contributed by atoms with van der Waals surface area (Å²) in [4.78, 5) is 25.9. The fraction of sp³-hybridized carbons (Fsp3) is 0.375. The van der Waals surface area contributed by atoms with Crippen LogP contribution in [0.25, 0.3) is 0 Å². The summed E-state index contributed by atoms with van der Waals surface area (Å²) in [6.45, 7) is 5.76. The second-order valence-corrected chi connectivity index (χ2v) is 11.2. The number of ether oxygens (including phenoxy) is 1.